The number of nitrogens with two attached hydrogens (primary N) is 1. The highest BCUT2D eigenvalue weighted by molar-refractivity contribution is 6.04. The molecule has 34 heavy (non-hydrogen) atoms. The van der Waals surface area contributed by atoms with Crippen LogP contribution in [0.1, 0.15) is 28.9 Å². The lowest BCUT2D eigenvalue weighted by Gasteiger charge is -2.26. The molecule has 9 heteroatoms. The molecule has 3 aromatic rings. The fourth-order valence-electron chi connectivity index (χ4n) is 4.16. The second kappa shape index (κ2) is 10.0. The third kappa shape index (κ3) is 5.09. The lowest BCUT2D eigenvalue weighted by molar-refractivity contribution is -0.134. The van der Waals surface area contributed by atoms with Gasteiger partial charge in [0.25, 0.3) is 11.5 Å². The number of aromatic nitrogens is 2. The summed E-state index contributed by atoms with van der Waals surface area (Å²) in [7, 11) is 3.94. The van der Waals surface area contributed by atoms with E-state index in [0.29, 0.717) is 30.5 Å². The number of benzene rings is 2. The summed E-state index contributed by atoms with van der Waals surface area (Å²) < 4.78 is 6.79. The van der Waals surface area contributed by atoms with E-state index in [4.69, 9.17) is 10.5 Å². The molecule has 1 atom stereocenters. The predicted molar refractivity (Wildman–Crippen MR) is 130 cm³/mol. The number of anilines is 1. The minimum atomic E-state index is -0.755. The monoisotopic (exact) mass is 463 g/mol. The molecule has 2 heterocycles. The quantitative estimate of drug-likeness (QED) is 0.545. The maximum atomic E-state index is 13.4. The fourth-order valence-corrected chi connectivity index (χ4v) is 4.16. The zero-order chi connectivity index (χ0) is 24.2. The third-order valence-electron chi connectivity index (χ3n) is 6.01. The molecule has 0 spiro atoms. The van der Waals surface area contributed by atoms with Gasteiger partial charge in [-0.25, -0.2) is 4.68 Å². The van der Waals surface area contributed by atoms with Crippen molar-refractivity contribution in [1.29, 1.82) is 0 Å². The van der Waals surface area contributed by atoms with E-state index in [1.54, 1.807) is 29.2 Å². The Kier molecular flexibility index (Phi) is 6.93. The summed E-state index contributed by atoms with van der Waals surface area (Å²) in [5.74, 6) is -1.04. The lowest BCUT2D eigenvalue weighted by Crippen LogP contribution is -2.41. The van der Waals surface area contributed by atoms with Gasteiger partial charge < -0.3 is 20.3 Å². The Labute approximate surface area is 197 Å². The molecule has 4 rings (SSSR count). The van der Waals surface area contributed by atoms with E-state index in [0.717, 1.165) is 28.8 Å². The molecule has 9 nitrogen and oxygen atoms in total. The van der Waals surface area contributed by atoms with Crippen LogP contribution in [0.2, 0.25) is 0 Å². The van der Waals surface area contributed by atoms with Gasteiger partial charge in [-0.3, -0.25) is 14.4 Å². The second-order valence-electron chi connectivity index (χ2n) is 8.69. The third-order valence-corrected chi connectivity index (χ3v) is 6.01. The number of nitrogens with zero attached hydrogens (tertiary/aromatic N) is 4. The minimum absolute atomic E-state index is 0.0343. The fraction of sp³-hybridized carbons (Fsp3) is 0.360. The highest BCUT2D eigenvalue weighted by atomic mass is 16.5. The maximum Gasteiger partial charge on any atom is 0.275 e. The molecule has 0 aliphatic carbocycles. The van der Waals surface area contributed by atoms with Crippen LogP contribution in [0.4, 0.5) is 5.69 Å². The second-order valence-corrected chi connectivity index (χ2v) is 8.69. The van der Waals surface area contributed by atoms with E-state index in [1.165, 1.54) is 0 Å². The van der Waals surface area contributed by atoms with E-state index >= 15 is 0 Å². The van der Waals surface area contributed by atoms with Gasteiger partial charge in [0.15, 0.2) is 5.69 Å². The van der Waals surface area contributed by atoms with Crippen molar-refractivity contribution in [2.75, 3.05) is 32.1 Å². The average molecular weight is 464 g/mol. The van der Waals surface area contributed by atoms with Crippen molar-refractivity contribution in [1.82, 2.24) is 14.7 Å². The summed E-state index contributed by atoms with van der Waals surface area (Å²) in [6.07, 6.45) is 1.79. The molecule has 0 saturated carbocycles. The first-order chi connectivity index (χ1) is 16.3. The predicted octanol–water partition coefficient (Wildman–Crippen LogP) is 1.77. The molecular formula is C25H29N5O4. The van der Waals surface area contributed by atoms with Gasteiger partial charge in [0.05, 0.1) is 11.5 Å². The molecule has 1 aliphatic rings. The summed E-state index contributed by atoms with van der Waals surface area (Å²) in [6, 6.07) is 14.6. The van der Waals surface area contributed by atoms with Crippen molar-refractivity contribution >= 4 is 28.3 Å². The number of rotatable bonds is 8. The Morgan fingerprint density at radius 2 is 1.82 bits per heavy atom. The first kappa shape index (κ1) is 23.4. The van der Waals surface area contributed by atoms with Crippen molar-refractivity contribution < 1.29 is 14.3 Å². The number of carbonyl (C=O) groups excluding carboxylic acids is 2. The highest BCUT2D eigenvalue weighted by Gasteiger charge is 2.24. The van der Waals surface area contributed by atoms with Crippen LogP contribution in [0.3, 0.4) is 0 Å². The van der Waals surface area contributed by atoms with Gasteiger partial charge in [0.2, 0.25) is 5.91 Å². The van der Waals surface area contributed by atoms with Crippen LogP contribution < -0.4 is 16.2 Å². The van der Waals surface area contributed by atoms with Crippen molar-refractivity contribution in [2.24, 2.45) is 5.73 Å². The first-order valence-corrected chi connectivity index (χ1v) is 11.3. The van der Waals surface area contributed by atoms with Gasteiger partial charge >= 0.3 is 0 Å². The average Bonchev–Trinajstić information content (AvgIpc) is 3.34. The summed E-state index contributed by atoms with van der Waals surface area (Å²) in [5, 5.41) is 4.81. The van der Waals surface area contributed by atoms with Crippen molar-refractivity contribution in [3.63, 3.8) is 0 Å². The molecule has 2 N–H and O–H groups in total. The molecule has 1 saturated heterocycles. The molecule has 2 aromatic carbocycles. The topological polar surface area (TPSA) is 111 Å². The van der Waals surface area contributed by atoms with Gasteiger partial charge in [-0.2, -0.15) is 5.10 Å². The van der Waals surface area contributed by atoms with Crippen LogP contribution >= 0.6 is 0 Å². The summed E-state index contributed by atoms with van der Waals surface area (Å²) in [6.45, 7) is 1.17. The van der Waals surface area contributed by atoms with Gasteiger partial charge in [0, 0.05) is 44.9 Å². The number of hydrogen-bond acceptors (Lipinski definition) is 6. The van der Waals surface area contributed by atoms with Gasteiger partial charge in [-0.1, -0.05) is 30.3 Å². The van der Waals surface area contributed by atoms with E-state index in [9.17, 15) is 14.4 Å². The van der Waals surface area contributed by atoms with E-state index in [-0.39, 0.29) is 24.2 Å². The molecular weight excluding hydrogens is 434 g/mol. The number of fused-ring (bicyclic) bond motifs is 1. The summed E-state index contributed by atoms with van der Waals surface area (Å²) in [5.41, 5.74) is 7.05. The molecule has 178 valence electrons. The first-order valence-electron chi connectivity index (χ1n) is 11.3. The van der Waals surface area contributed by atoms with Crippen LogP contribution in [0.15, 0.2) is 53.3 Å². The molecule has 0 bridgehead atoms. The minimum Gasteiger partial charge on any atom is -0.378 e. The van der Waals surface area contributed by atoms with E-state index < -0.39 is 11.5 Å². The smallest absolute Gasteiger partial charge is 0.275 e. The number of ether oxygens (including phenoxy) is 1. The Hall–Kier alpha value is -3.72. The van der Waals surface area contributed by atoms with Gasteiger partial charge in [0.1, 0.15) is 6.54 Å². The van der Waals surface area contributed by atoms with Crippen molar-refractivity contribution in [3.05, 3.63) is 70.1 Å². The van der Waals surface area contributed by atoms with E-state index in [2.05, 4.69) is 5.10 Å². The SMILES string of the molecule is CN(C)c1ccc(CN(C[C@H]2CCCO2)C(=O)Cn2nc(C(N)=O)c3ccccc3c2=O)cc1. The van der Waals surface area contributed by atoms with Crippen LogP contribution in [-0.2, 0) is 22.6 Å². The number of hydrogen-bond donors (Lipinski definition) is 1. The summed E-state index contributed by atoms with van der Waals surface area (Å²) in [4.78, 5) is 42.1. The normalized spacial score (nSPS) is 15.4. The largest absolute Gasteiger partial charge is 0.378 e. The van der Waals surface area contributed by atoms with Crippen LogP contribution in [0.5, 0.6) is 0 Å². The highest BCUT2D eigenvalue weighted by Crippen LogP contribution is 2.18. The number of primary amides is 1. The lowest BCUT2D eigenvalue weighted by atomic mass is 10.1. The van der Waals surface area contributed by atoms with E-state index in [1.807, 2.05) is 43.3 Å². The standard InChI is InChI=1S/C25H29N5O4/c1-28(2)18-11-9-17(10-12-18)14-29(15-19-6-5-13-34-19)22(31)16-30-25(33)21-8-4-3-7-20(21)23(27-30)24(26)32/h3-4,7-12,19H,5-6,13-16H2,1-2H3,(H2,26,32)/t19-/m1/s1. The van der Waals surface area contributed by atoms with Crippen molar-refractivity contribution in [3.8, 4) is 0 Å². The Balaban J connectivity index is 1.62. The maximum absolute atomic E-state index is 13.4. The van der Waals surface area contributed by atoms with Gasteiger partial charge in [-0.05, 0) is 36.6 Å². The Morgan fingerprint density at radius 1 is 1.12 bits per heavy atom. The molecule has 1 aliphatic heterocycles. The van der Waals surface area contributed by atoms with Crippen molar-refractivity contribution in [2.45, 2.75) is 32.0 Å². The molecule has 0 unspecified atom stereocenters. The van der Waals surface area contributed by atoms with Crippen LogP contribution in [0.25, 0.3) is 10.8 Å². The zero-order valence-corrected chi connectivity index (χ0v) is 19.4. The zero-order valence-electron chi connectivity index (χ0n) is 19.4. The Bertz CT molecular complexity index is 1250. The molecule has 2 amide bonds. The molecule has 1 fully saturated rings. The van der Waals surface area contributed by atoms with Crippen LogP contribution in [-0.4, -0.2) is 59.8 Å². The Morgan fingerprint density at radius 3 is 2.44 bits per heavy atom. The van der Waals surface area contributed by atoms with Gasteiger partial charge in [-0.15, -0.1) is 0 Å². The molecule has 1 aromatic heterocycles. The summed E-state index contributed by atoms with van der Waals surface area (Å²) >= 11 is 0. The van der Waals surface area contributed by atoms with Crippen LogP contribution in [0, 0.1) is 0 Å². The number of amides is 2. The molecule has 0 radical (unpaired) electrons. The number of carbonyl (C=O) groups is 2.